The molecular weight excluding hydrogens is 254 g/mol. The molecule has 0 aliphatic rings. The van der Waals surface area contributed by atoms with Gasteiger partial charge in [-0.1, -0.05) is 19.1 Å². The maximum Gasteiger partial charge on any atom is 0.249 e. The van der Waals surface area contributed by atoms with E-state index in [-0.39, 0.29) is 5.91 Å². The number of carbonyl (C=O) groups excluding carboxylic acids is 1. The Balaban J connectivity index is 2.83. The highest BCUT2D eigenvalue weighted by molar-refractivity contribution is 5.92. The Labute approximate surface area is 121 Å². The summed E-state index contributed by atoms with van der Waals surface area (Å²) in [4.78, 5) is 13.8. The fourth-order valence-electron chi connectivity index (χ4n) is 2.02. The summed E-state index contributed by atoms with van der Waals surface area (Å²) in [6.07, 6.45) is 2.80. The number of carbonyl (C=O) groups is 1. The molecule has 1 rings (SSSR count). The van der Waals surface area contributed by atoms with Crippen molar-refractivity contribution in [1.29, 1.82) is 0 Å². The number of hydrogen-bond donors (Lipinski definition) is 0. The SMILES string of the molecule is CC/C=C(\C)C(=O)N(C)Cc1ccc(OC)c(OC)c1. The first-order chi connectivity index (χ1) is 9.53. The minimum absolute atomic E-state index is 0.0432. The molecule has 0 heterocycles. The summed E-state index contributed by atoms with van der Waals surface area (Å²) in [6.45, 7) is 4.40. The van der Waals surface area contributed by atoms with Crippen molar-refractivity contribution in [2.75, 3.05) is 21.3 Å². The highest BCUT2D eigenvalue weighted by Gasteiger charge is 2.12. The molecule has 4 nitrogen and oxygen atoms in total. The van der Waals surface area contributed by atoms with Crippen LogP contribution in [0.3, 0.4) is 0 Å². The number of likely N-dealkylation sites (N-methyl/N-ethyl adjacent to an activating group) is 1. The Hall–Kier alpha value is -1.97. The van der Waals surface area contributed by atoms with Gasteiger partial charge in [0.2, 0.25) is 5.91 Å². The zero-order chi connectivity index (χ0) is 15.1. The summed E-state index contributed by atoms with van der Waals surface area (Å²) in [5.74, 6) is 1.40. The molecule has 0 atom stereocenters. The van der Waals surface area contributed by atoms with Gasteiger partial charge in [-0.05, 0) is 31.0 Å². The number of hydrogen-bond acceptors (Lipinski definition) is 3. The molecule has 1 amide bonds. The average Bonchev–Trinajstić information content (AvgIpc) is 2.46. The number of methoxy groups -OCH3 is 2. The molecule has 0 radical (unpaired) electrons. The van der Waals surface area contributed by atoms with Gasteiger partial charge >= 0.3 is 0 Å². The molecule has 0 saturated carbocycles. The monoisotopic (exact) mass is 277 g/mol. The van der Waals surface area contributed by atoms with Crippen LogP contribution >= 0.6 is 0 Å². The van der Waals surface area contributed by atoms with E-state index in [1.807, 2.05) is 38.1 Å². The molecule has 1 aromatic rings. The number of nitrogens with zero attached hydrogens (tertiary/aromatic N) is 1. The largest absolute Gasteiger partial charge is 0.493 e. The Morgan fingerprint density at radius 1 is 1.25 bits per heavy atom. The lowest BCUT2D eigenvalue weighted by Crippen LogP contribution is -2.26. The summed E-state index contributed by atoms with van der Waals surface area (Å²) in [6, 6.07) is 5.67. The maximum absolute atomic E-state index is 12.1. The van der Waals surface area contributed by atoms with Crippen molar-refractivity contribution in [2.24, 2.45) is 0 Å². The number of amides is 1. The number of ether oxygens (including phenoxy) is 2. The second-order valence-electron chi connectivity index (χ2n) is 4.65. The Bertz CT molecular complexity index is 494. The van der Waals surface area contributed by atoms with E-state index in [2.05, 4.69) is 0 Å². The first-order valence-corrected chi connectivity index (χ1v) is 6.66. The Kier molecular flexibility index (Phi) is 6.10. The lowest BCUT2D eigenvalue weighted by Gasteiger charge is -2.18. The number of allylic oxidation sites excluding steroid dienone is 1. The molecule has 0 saturated heterocycles. The van der Waals surface area contributed by atoms with Crippen molar-refractivity contribution in [3.63, 3.8) is 0 Å². The van der Waals surface area contributed by atoms with Crippen molar-refractivity contribution in [2.45, 2.75) is 26.8 Å². The van der Waals surface area contributed by atoms with Gasteiger partial charge in [0.05, 0.1) is 14.2 Å². The predicted molar refractivity (Wildman–Crippen MR) is 80.1 cm³/mol. The lowest BCUT2D eigenvalue weighted by atomic mass is 10.1. The van der Waals surface area contributed by atoms with E-state index in [9.17, 15) is 4.79 Å². The minimum atomic E-state index is 0.0432. The first kappa shape index (κ1) is 16.1. The highest BCUT2D eigenvalue weighted by atomic mass is 16.5. The maximum atomic E-state index is 12.1. The molecular formula is C16H23NO3. The second-order valence-corrected chi connectivity index (χ2v) is 4.65. The molecule has 4 heteroatoms. The van der Waals surface area contributed by atoms with Gasteiger partial charge in [0.1, 0.15) is 0 Å². The van der Waals surface area contributed by atoms with Crippen LogP contribution < -0.4 is 9.47 Å². The molecule has 1 aromatic carbocycles. The normalized spacial score (nSPS) is 11.2. The third-order valence-electron chi connectivity index (χ3n) is 3.06. The van der Waals surface area contributed by atoms with E-state index >= 15 is 0 Å². The van der Waals surface area contributed by atoms with Crippen LogP contribution in [0.2, 0.25) is 0 Å². The zero-order valence-corrected chi connectivity index (χ0v) is 12.9. The number of rotatable bonds is 6. The van der Waals surface area contributed by atoms with Gasteiger partial charge in [-0.15, -0.1) is 0 Å². The minimum Gasteiger partial charge on any atom is -0.493 e. The van der Waals surface area contributed by atoms with Crippen LogP contribution in [0.15, 0.2) is 29.8 Å². The van der Waals surface area contributed by atoms with E-state index in [4.69, 9.17) is 9.47 Å². The van der Waals surface area contributed by atoms with E-state index in [1.54, 1.807) is 26.2 Å². The third-order valence-corrected chi connectivity index (χ3v) is 3.06. The van der Waals surface area contributed by atoms with Crippen molar-refractivity contribution < 1.29 is 14.3 Å². The third kappa shape index (κ3) is 4.02. The summed E-state index contributed by atoms with van der Waals surface area (Å²) in [7, 11) is 5.00. The van der Waals surface area contributed by atoms with Crippen LogP contribution in [0, 0.1) is 0 Å². The Morgan fingerprint density at radius 3 is 2.45 bits per heavy atom. The predicted octanol–water partition coefficient (Wildman–Crippen LogP) is 3.02. The van der Waals surface area contributed by atoms with Gasteiger partial charge in [-0.2, -0.15) is 0 Å². The van der Waals surface area contributed by atoms with Gasteiger partial charge < -0.3 is 14.4 Å². The summed E-state index contributed by atoms with van der Waals surface area (Å²) in [5, 5.41) is 0. The van der Waals surface area contributed by atoms with Gasteiger partial charge in [0.15, 0.2) is 11.5 Å². The summed E-state index contributed by atoms with van der Waals surface area (Å²) >= 11 is 0. The van der Waals surface area contributed by atoms with Crippen LogP contribution in [0.25, 0.3) is 0 Å². The average molecular weight is 277 g/mol. The van der Waals surface area contributed by atoms with Crippen molar-refractivity contribution in [3.05, 3.63) is 35.4 Å². The molecule has 0 bridgehead atoms. The fraction of sp³-hybridized carbons (Fsp3) is 0.438. The molecule has 0 spiro atoms. The lowest BCUT2D eigenvalue weighted by molar-refractivity contribution is -0.126. The van der Waals surface area contributed by atoms with Gasteiger partial charge in [-0.3, -0.25) is 4.79 Å². The fourth-order valence-corrected chi connectivity index (χ4v) is 2.02. The standard InChI is InChI=1S/C16H23NO3/c1-6-7-12(2)16(18)17(3)11-13-8-9-14(19-4)15(10-13)20-5/h7-10H,6,11H2,1-5H3/b12-7+. The summed E-state index contributed by atoms with van der Waals surface area (Å²) < 4.78 is 10.5. The van der Waals surface area contributed by atoms with Gasteiger partial charge in [0.25, 0.3) is 0 Å². The first-order valence-electron chi connectivity index (χ1n) is 6.66. The topological polar surface area (TPSA) is 38.8 Å². The molecule has 0 aliphatic carbocycles. The smallest absolute Gasteiger partial charge is 0.249 e. The van der Waals surface area contributed by atoms with Gasteiger partial charge in [0, 0.05) is 19.2 Å². The molecule has 0 N–H and O–H groups in total. The molecule has 20 heavy (non-hydrogen) atoms. The molecule has 0 aliphatic heterocycles. The second kappa shape index (κ2) is 7.58. The zero-order valence-electron chi connectivity index (χ0n) is 12.9. The highest BCUT2D eigenvalue weighted by Crippen LogP contribution is 2.28. The van der Waals surface area contributed by atoms with E-state index in [0.717, 1.165) is 17.6 Å². The quantitative estimate of drug-likeness (QED) is 0.750. The van der Waals surface area contributed by atoms with Crippen LogP contribution in [0.4, 0.5) is 0 Å². The van der Waals surface area contributed by atoms with Crippen LogP contribution in [0.5, 0.6) is 11.5 Å². The number of benzene rings is 1. The molecule has 110 valence electrons. The van der Waals surface area contributed by atoms with Crippen LogP contribution in [-0.4, -0.2) is 32.1 Å². The van der Waals surface area contributed by atoms with Crippen LogP contribution in [0.1, 0.15) is 25.8 Å². The molecule has 0 unspecified atom stereocenters. The van der Waals surface area contributed by atoms with E-state index in [1.165, 1.54) is 0 Å². The van der Waals surface area contributed by atoms with Crippen molar-refractivity contribution >= 4 is 5.91 Å². The molecule has 0 aromatic heterocycles. The van der Waals surface area contributed by atoms with Crippen molar-refractivity contribution in [1.82, 2.24) is 4.90 Å². The van der Waals surface area contributed by atoms with Crippen LogP contribution in [-0.2, 0) is 11.3 Å². The van der Waals surface area contributed by atoms with Crippen molar-refractivity contribution in [3.8, 4) is 11.5 Å². The van der Waals surface area contributed by atoms with E-state index < -0.39 is 0 Å². The van der Waals surface area contributed by atoms with Gasteiger partial charge in [-0.25, -0.2) is 0 Å². The Morgan fingerprint density at radius 2 is 1.90 bits per heavy atom. The van der Waals surface area contributed by atoms with E-state index in [0.29, 0.717) is 18.0 Å². The summed E-state index contributed by atoms with van der Waals surface area (Å²) in [5.41, 5.74) is 1.78. The molecule has 0 fully saturated rings.